The minimum atomic E-state index is -4.50. The number of hydrogen-bond acceptors (Lipinski definition) is 5. The Hall–Kier alpha value is -3.21. The highest BCUT2D eigenvalue weighted by molar-refractivity contribution is 7.92. The van der Waals surface area contributed by atoms with Crippen molar-refractivity contribution in [2.45, 2.75) is 31.5 Å². The lowest BCUT2D eigenvalue weighted by molar-refractivity contribution is -0.153. The Balaban J connectivity index is 2.00. The number of ether oxygens (including phenoxy) is 2. The first-order chi connectivity index (χ1) is 15.4. The van der Waals surface area contributed by atoms with Gasteiger partial charge in [-0.15, -0.1) is 0 Å². The maximum atomic E-state index is 13.6. The second-order valence-electron chi connectivity index (χ2n) is 7.49. The lowest BCUT2D eigenvalue weighted by Crippen LogP contribution is -2.31. The van der Waals surface area contributed by atoms with Gasteiger partial charge < -0.3 is 9.47 Å². The molecule has 0 bridgehead atoms. The summed E-state index contributed by atoms with van der Waals surface area (Å²) in [5, 5.41) is 4.25. The van der Waals surface area contributed by atoms with Crippen LogP contribution in [-0.2, 0) is 23.6 Å². The number of anilines is 1. The van der Waals surface area contributed by atoms with Gasteiger partial charge in [0, 0.05) is 13.2 Å². The molecule has 0 fully saturated rings. The third-order valence-corrected chi connectivity index (χ3v) is 6.58. The maximum Gasteiger partial charge on any atom is 0.422 e. The predicted molar refractivity (Wildman–Crippen MR) is 117 cm³/mol. The first-order valence-electron chi connectivity index (χ1n) is 9.87. The second-order valence-corrected chi connectivity index (χ2v) is 9.35. The van der Waals surface area contributed by atoms with Crippen LogP contribution in [0.3, 0.4) is 0 Å². The number of aryl methyl sites for hydroxylation is 3. The topological polar surface area (TPSA) is 73.7 Å². The Bertz CT molecular complexity index is 1220. The minimum Gasteiger partial charge on any atom is -0.493 e. The van der Waals surface area contributed by atoms with Crippen molar-refractivity contribution in [3.63, 3.8) is 0 Å². The van der Waals surface area contributed by atoms with Gasteiger partial charge >= 0.3 is 6.18 Å². The second kappa shape index (κ2) is 9.34. The third-order valence-electron chi connectivity index (χ3n) is 4.81. The van der Waals surface area contributed by atoms with Gasteiger partial charge in [0.25, 0.3) is 10.0 Å². The highest BCUT2D eigenvalue weighted by atomic mass is 32.2. The molecule has 1 heterocycles. The van der Waals surface area contributed by atoms with Crippen LogP contribution in [0.2, 0.25) is 0 Å². The molecule has 11 heteroatoms. The molecule has 0 aliphatic heterocycles. The van der Waals surface area contributed by atoms with Gasteiger partial charge in [0.15, 0.2) is 18.1 Å². The molecule has 0 aliphatic rings. The Morgan fingerprint density at radius 1 is 1.06 bits per heavy atom. The summed E-state index contributed by atoms with van der Waals surface area (Å²) in [7, 11) is -0.998. The summed E-state index contributed by atoms with van der Waals surface area (Å²) < 4.78 is 77.4. The van der Waals surface area contributed by atoms with Crippen molar-refractivity contribution < 1.29 is 31.1 Å². The van der Waals surface area contributed by atoms with Crippen molar-refractivity contribution in [1.82, 2.24) is 9.78 Å². The standard InChI is InChI=1S/C22H24F3N3O4S/c1-15-5-8-18(9-6-15)33(29,30)28(19-13-27(3)26-16(19)2)12-17-7-10-20(21(11-17)31-4)32-14-22(23,24)25/h5-11,13H,12,14H2,1-4H3. The van der Waals surface area contributed by atoms with Crippen molar-refractivity contribution >= 4 is 15.7 Å². The number of alkyl halides is 3. The fourth-order valence-corrected chi connectivity index (χ4v) is 4.72. The monoisotopic (exact) mass is 483 g/mol. The van der Waals surface area contributed by atoms with Gasteiger partial charge in [0.2, 0.25) is 0 Å². The number of rotatable bonds is 8. The number of methoxy groups -OCH3 is 1. The van der Waals surface area contributed by atoms with E-state index < -0.39 is 22.8 Å². The van der Waals surface area contributed by atoms with Crippen LogP contribution >= 0.6 is 0 Å². The first kappa shape index (κ1) is 24.4. The molecule has 0 spiro atoms. The van der Waals surface area contributed by atoms with Crippen LogP contribution in [0, 0.1) is 13.8 Å². The maximum absolute atomic E-state index is 13.6. The van der Waals surface area contributed by atoms with E-state index in [9.17, 15) is 21.6 Å². The molecule has 0 aliphatic carbocycles. The molecule has 3 rings (SSSR count). The Morgan fingerprint density at radius 2 is 1.73 bits per heavy atom. The van der Waals surface area contributed by atoms with Crippen LogP contribution < -0.4 is 13.8 Å². The molecule has 0 N–H and O–H groups in total. The van der Waals surface area contributed by atoms with Crippen molar-refractivity contribution in [2.24, 2.45) is 7.05 Å². The molecule has 33 heavy (non-hydrogen) atoms. The molecule has 0 amide bonds. The van der Waals surface area contributed by atoms with E-state index in [1.807, 2.05) is 6.92 Å². The van der Waals surface area contributed by atoms with Crippen LogP contribution in [0.4, 0.5) is 18.9 Å². The van der Waals surface area contributed by atoms with Gasteiger partial charge in [-0.25, -0.2) is 8.42 Å². The first-order valence-corrected chi connectivity index (χ1v) is 11.3. The summed E-state index contributed by atoms with van der Waals surface area (Å²) in [5.74, 6) is -0.0311. The summed E-state index contributed by atoms with van der Waals surface area (Å²) in [6.07, 6.45) is -2.90. The largest absolute Gasteiger partial charge is 0.493 e. The molecule has 0 saturated carbocycles. The van der Waals surface area contributed by atoms with E-state index in [4.69, 9.17) is 9.47 Å². The predicted octanol–water partition coefficient (Wildman–Crippen LogP) is 4.38. The van der Waals surface area contributed by atoms with Gasteiger partial charge in [-0.1, -0.05) is 23.8 Å². The van der Waals surface area contributed by atoms with E-state index in [0.29, 0.717) is 16.9 Å². The third kappa shape index (κ3) is 5.78. The number of benzene rings is 2. The minimum absolute atomic E-state index is 0.0624. The molecule has 178 valence electrons. The SMILES string of the molecule is COc1cc(CN(c2cn(C)nc2C)S(=O)(=O)c2ccc(C)cc2)ccc1OCC(F)(F)F. The lowest BCUT2D eigenvalue weighted by atomic mass is 10.2. The Labute approximate surface area is 190 Å². The zero-order valence-electron chi connectivity index (χ0n) is 18.5. The lowest BCUT2D eigenvalue weighted by Gasteiger charge is -2.24. The summed E-state index contributed by atoms with van der Waals surface area (Å²) in [5.41, 5.74) is 2.29. The van der Waals surface area contributed by atoms with Crippen LogP contribution in [0.15, 0.2) is 53.6 Å². The van der Waals surface area contributed by atoms with E-state index in [1.165, 1.54) is 46.4 Å². The van der Waals surface area contributed by atoms with Crippen LogP contribution in [-0.4, -0.2) is 38.1 Å². The van der Waals surface area contributed by atoms with Crippen molar-refractivity contribution in [3.05, 3.63) is 65.5 Å². The molecular weight excluding hydrogens is 459 g/mol. The average molecular weight is 484 g/mol. The molecule has 0 unspecified atom stereocenters. The number of aromatic nitrogens is 2. The van der Waals surface area contributed by atoms with E-state index in [1.54, 1.807) is 32.3 Å². The molecular formula is C22H24F3N3O4S. The van der Waals surface area contributed by atoms with Gasteiger partial charge in [0.05, 0.1) is 29.9 Å². The Kier molecular flexibility index (Phi) is 6.92. The molecule has 0 saturated heterocycles. The van der Waals surface area contributed by atoms with Crippen LogP contribution in [0.25, 0.3) is 0 Å². The van der Waals surface area contributed by atoms with Crippen molar-refractivity contribution in [3.8, 4) is 11.5 Å². The van der Waals surface area contributed by atoms with E-state index >= 15 is 0 Å². The zero-order valence-corrected chi connectivity index (χ0v) is 19.4. The number of hydrogen-bond donors (Lipinski definition) is 0. The molecule has 3 aromatic rings. The van der Waals surface area contributed by atoms with Gasteiger partial charge in [-0.05, 0) is 43.7 Å². The summed E-state index contributed by atoms with van der Waals surface area (Å²) >= 11 is 0. The van der Waals surface area contributed by atoms with Crippen molar-refractivity contribution in [2.75, 3.05) is 18.0 Å². The van der Waals surface area contributed by atoms with Gasteiger partial charge in [0.1, 0.15) is 0 Å². The Morgan fingerprint density at radius 3 is 2.27 bits per heavy atom. The highest BCUT2D eigenvalue weighted by Gasteiger charge is 2.30. The highest BCUT2D eigenvalue weighted by Crippen LogP contribution is 2.33. The fourth-order valence-electron chi connectivity index (χ4n) is 3.22. The average Bonchev–Trinajstić information content (AvgIpc) is 3.07. The zero-order chi connectivity index (χ0) is 24.4. The van der Waals surface area contributed by atoms with Gasteiger partial charge in [-0.2, -0.15) is 18.3 Å². The number of nitrogens with zero attached hydrogens (tertiary/aromatic N) is 3. The smallest absolute Gasteiger partial charge is 0.422 e. The number of sulfonamides is 1. The van der Waals surface area contributed by atoms with E-state index in [0.717, 1.165) is 5.56 Å². The summed E-state index contributed by atoms with van der Waals surface area (Å²) in [6.45, 7) is 1.99. The van der Waals surface area contributed by atoms with Crippen LogP contribution in [0.5, 0.6) is 11.5 Å². The quantitative estimate of drug-likeness (QED) is 0.475. The molecule has 1 aromatic heterocycles. The van der Waals surface area contributed by atoms with Crippen LogP contribution in [0.1, 0.15) is 16.8 Å². The van der Waals surface area contributed by atoms with Gasteiger partial charge in [-0.3, -0.25) is 8.99 Å². The van der Waals surface area contributed by atoms with E-state index in [-0.39, 0.29) is 22.9 Å². The van der Waals surface area contributed by atoms with Crippen molar-refractivity contribution in [1.29, 1.82) is 0 Å². The number of halogens is 3. The molecule has 2 aromatic carbocycles. The fraction of sp³-hybridized carbons (Fsp3) is 0.318. The summed E-state index contributed by atoms with van der Waals surface area (Å²) in [4.78, 5) is 0.105. The molecule has 7 nitrogen and oxygen atoms in total. The molecule has 0 atom stereocenters. The molecule has 0 radical (unpaired) electrons. The summed E-state index contributed by atoms with van der Waals surface area (Å²) in [6, 6.07) is 10.7. The normalized spacial score (nSPS) is 12.0. The van der Waals surface area contributed by atoms with E-state index in [2.05, 4.69) is 5.10 Å².